The molecule has 0 aliphatic rings. The SMILES string of the molecule is Cn1cc(CCNC(=O)c2cccc(Br)c2)cn1. The molecule has 0 aliphatic carbocycles. The summed E-state index contributed by atoms with van der Waals surface area (Å²) in [7, 11) is 1.88. The lowest BCUT2D eigenvalue weighted by molar-refractivity contribution is 0.0954. The van der Waals surface area contributed by atoms with E-state index in [4.69, 9.17) is 0 Å². The second-order valence-electron chi connectivity index (χ2n) is 4.04. The Morgan fingerprint density at radius 1 is 1.50 bits per heavy atom. The van der Waals surface area contributed by atoms with Gasteiger partial charge in [0.05, 0.1) is 6.20 Å². The summed E-state index contributed by atoms with van der Waals surface area (Å²) in [6, 6.07) is 7.34. The van der Waals surface area contributed by atoms with E-state index in [-0.39, 0.29) is 5.91 Å². The van der Waals surface area contributed by atoms with Gasteiger partial charge in [-0.15, -0.1) is 0 Å². The predicted octanol–water partition coefficient (Wildman–Crippen LogP) is 2.16. The molecular weight excluding hydrogens is 294 g/mol. The number of halogens is 1. The van der Waals surface area contributed by atoms with Gasteiger partial charge in [0.25, 0.3) is 5.91 Å². The lowest BCUT2D eigenvalue weighted by Gasteiger charge is -2.04. The average Bonchev–Trinajstić information content (AvgIpc) is 2.75. The van der Waals surface area contributed by atoms with E-state index in [2.05, 4.69) is 26.3 Å². The van der Waals surface area contributed by atoms with Crippen LogP contribution in [-0.4, -0.2) is 22.2 Å². The fourth-order valence-electron chi connectivity index (χ4n) is 1.65. The molecule has 1 amide bonds. The fraction of sp³-hybridized carbons (Fsp3) is 0.231. The summed E-state index contributed by atoms with van der Waals surface area (Å²) in [5.41, 5.74) is 1.78. The molecule has 0 spiro atoms. The molecule has 1 N–H and O–H groups in total. The maximum absolute atomic E-state index is 11.8. The van der Waals surface area contributed by atoms with Crippen LogP contribution in [0.2, 0.25) is 0 Å². The zero-order chi connectivity index (χ0) is 13.0. The zero-order valence-corrected chi connectivity index (χ0v) is 11.6. The largest absolute Gasteiger partial charge is 0.352 e. The van der Waals surface area contributed by atoms with Crippen LogP contribution in [0.15, 0.2) is 41.1 Å². The summed E-state index contributed by atoms with van der Waals surface area (Å²) in [5.74, 6) is -0.0554. The number of aromatic nitrogens is 2. The van der Waals surface area contributed by atoms with Crippen molar-refractivity contribution in [3.05, 3.63) is 52.3 Å². The molecule has 0 saturated carbocycles. The van der Waals surface area contributed by atoms with Crippen LogP contribution >= 0.6 is 15.9 Å². The molecule has 18 heavy (non-hydrogen) atoms. The Hall–Kier alpha value is -1.62. The first-order chi connectivity index (χ1) is 8.65. The monoisotopic (exact) mass is 307 g/mol. The van der Waals surface area contributed by atoms with Crippen molar-refractivity contribution in [3.63, 3.8) is 0 Å². The fourth-order valence-corrected chi connectivity index (χ4v) is 2.05. The van der Waals surface area contributed by atoms with Gasteiger partial charge < -0.3 is 5.32 Å². The van der Waals surface area contributed by atoms with Gasteiger partial charge >= 0.3 is 0 Å². The van der Waals surface area contributed by atoms with Gasteiger partial charge in [0, 0.05) is 29.8 Å². The van der Waals surface area contributed by atoms with Gasteiger partial charge in [0.2, 0.25) is 0 Å². The minimum Gasteiger partial charge on any atom is -0.352 e. The molecule has 5 heteroatoms. The quantitative estimate of drug-likeness (QED) is 0.941. The molecule has 0 aliphatic heterocycles. The third-order valence-electron chi connectivity index (χ3n) is 2.54. The Morgan fingerprint density at radius 3 is 3.00 bits per heavy atom. The summed E-state index contributed by atoms with van der Waals surface area (Å²) in [4.78, 5) is 11.8. The minimum absolute atomic E-state index is 0.0554. The summed E-state index contributed by atoms with van der Waals surface area (Å²) in [6.07, 6.45) is 4.55. The van der Waals surface area contributed by atoms with E-state index in [0.717, 1.165) is 16.5 Å². The molecule has 2 rings (SSSR count). The maximum Gasteiger partial charge on any atom is 0.251 e. The highest BCUT2D eigenvalue weighted by Gasteiger charge is 2.05. The van der Waals surface area contributed by atoms with E-state index in [1.807, 2.05) is 31.6 Å². The van der Waals surface area contributed by atoms with Crippen LogP contribution in [0.25, 0.3) is 0 Å². The van der Waals surface area contributed by atoms with Crippen LogP contribution in [0.3, 0.4) is 0 Å². The van der Waals surface area contributed by atoms with Crippen molar-refractivity contribution in [3.8, 4) is 0 Å². The molecule has 0 unspecified atom stereocenters. The maximum atomic E-state index is 11.8. The molecule has 0 fully saturated rings. The smallest absolute Gasteiger partial charge is 0.251 e. The van der Waals surface area contributed by atoms with Crippen molar-refractivity contribution in [2.24, 2.45) is 7.05 Å². The molecular formula is C13H14BrN3O. The molecule has 0 saturated heterocycles. The molecule has 1 heterocycles. The number of hydrogen-bond donors (Lipinski definition) is 1. The van der Waals surface area contributed by atoms with Gasteiger partial charge in [-0.05, 0) is 30.2 Å². The van der Waals surface area contributed by atoms with Gasteiger partial charge in [-0.2, -0.15) is 5.10 Å². The molecule has 1 aromatic carbocycles. The van der Waals surface area contributed by atoms with Crippen LogP contribution in [-0.2, 0) is 13.5 Å². The molecule has 4 nitrogen and oxygen atoms in total. The average molecular weight is 308 g/mol. The van der Waals surface area contributed by atoms with Gasteiger partial charge in [-0.25, -0.2) is 0 Å². The third kappa shape index (κ3) is 3.43. The number of carbonyl (C=O) groups excluding carboxylic acids is 1. The van der Waals surface area contributed by atoms with Crippen LogP contribution < -0.4 is 5.32 Å². The van der Waals surface area contributed by atoms with E-state index in [0.29, 0.717) is 12.1 Å². The van der Waals surface area contributed by atoms with Crippen molar-refractivity contribution in [2.45, 2.75) is 6.42 Å². The molecule has 0 atom stereocenters. The van der Waals surface area contributed by atoms with E-state index in [1.165, 1.54) is 0 Å². The first kappa shape index (κ1) is 12.8. The van der Waals surface area contributed by atoms with Gasteiger partial charge in [0.1, 0.15) is 0 Å². The number of nitrogens with zero attached hydrogens (tertiary/aromatic N) is 2. The number of rotatable bonds is 4. The van der Waals surface area contributed by atoms with Crippen LogP contribution in [0.4, 0.5) is 0 Å². The van der Waals surface area contributed by atoms with E-state index < -0.39 is 0 Å². The van der Waals surface area contributed by atoms with Crippen LogP contribution in [0.5, 0.6) is 0 Å². The first-order valence-corrected chi connectivity index (χ1v) is 6.46. The van der Waals surface area contributed by atoms with E-state index in [9.17, 15) is 4.79 Å². The van der Waals surface area contributed by atoms with Crippen molar-refractivity contribution in [1.82, 2.24) is 15.1 Å². The zero-order valence-electron chi connectivity index (χ0n) is 10.1. The summed E-state index contributed by atoms with van der Waals surface area (Å²) in [6.45, 7) is 0.608. The second kappa shape index (κ2) is 5.82. The summed E-state index contributed by atoms with van der Waals surface area (Å²) < 4.78 is 2.66. The highest BCUT2D eigenvalue weighted by molar-refractivity contribution is 9.10. The molecule has 2 aromatic rings. The predicted molar refractivity (Wildman–Crippen MR) is 73.4 cm³/mol. The number of carbonyl (C=O) groups is 1. The van der Waals surface area contributed by atoms with Crippen molar-refractivity contribution < 1.29 is 4.79 Å². The minimum atomic E-state index is -0.0554. The molecule has 1 aromatic heterocycles. The number of amides is 1. The Labute approximate surface area is 114 Å². The highest BCUT2D eigenvalue weighted by atomic mass is 79.9. The number of benzene rings is 1. The number of nitrogens with one attached hydrogen (secondary N) is 1. The van der Waals surface area contributed by atoms with E-state index in [1.54, 1.807) is 16.8 Å². The second-order valence-corrected chi connectivity index (χ2v) is 4.95. The Kier molecular flexibility index (Phi) is 4.15. The number of aryl methyl sites for hydroxylation is 1. The van der Waals surface area contributed by atoms with Crippen molar-refractivity contribution >= 4 is 21.8 Å². The Bertz CT molecular complexity index is 551. The van der Waals surface area contributed by atoms with Gasteiger partial charge in [0.15, 0.2) is 0 Å². The summed E-state index contributed by atoms with van der Waals surface area (Å²) >= 11 is 3.35. The van der Waals surface area contributed by atoms with Gasteiger partial charge in [-0.1, -0.05) is 22.0 Å². The standard InChI is InChI=1S/C13H14BrN3O/c1-17-9-10(8-16-17)5-6-15-13(18)11-3-2-4-12(14)7-11/h2-4,7-9H,5-6H2,1H3,(H,15,18). The Balaban J connectivity index is 1.85. The molecule has 0 bridgehead atoms. The summed E-state index contributed by atoms with van der Waals surface area (Å²) in [5, 5.41) is 6.97. The third-order valence-corrected chi connectivity index (χ3v) is 3.04. The Morgan fingerprint density at radius 2 is 2.33 bits per heavy atom. The normalized spacial score (nSPS) is 10.3. The van der Waals surface area contributed by atoms with Crippen LogP contribution in [0.1, 0.15) is 15.9 Å². The van der Waals surface area contributed by atoms with Crippen LogP contribution in [0, 0.1) is 0 Å². The van der Waals surface area contributed by atoms with Gasteiger partial charge in [-0.3, -0.25) is 9.48 Å². The molecule has 0 radical (unpaired) electrons. The first-order valence-electron chi connectivity index (χ1n) is 5.66. The van der Waals surface area contributed by atoms with Crippen molar-refractivity contribution in [2.75, 3.05) is 6.54 Å². The lowest BCUT2D eigenvalue weighted by Crippen LogP contribution is -2.25. The van der Waals surface area contributed by atoms with Crippen molar-refractivity contribution in [1.29, 1.82) is 0 Å². The van der Waals surface area contributed by atoms with E-state index >= 15 is 0 Å². The topological polar surface area (TPSA) is 46.9 Å². The molecule has 94 valence electrons. The highest BCUT2D eigenvalue weighted by Crippen LogP contribution is 2.11. The number of hydrogen-bond acceptors (Lipinski definition) is 2. The lowest BCUT2D eigenvalue weighted by atomic mass is 10.2.